The fraction of sp³-hybridized carbons (Fsp3) is 0.533. The first-order valence-electron chi connectivity index (χ1n) is 6.79. The predicted molar refractivity (Wildman–Crippen MR) is 77.3 cm³/mol. The van der Waals surface area contributed by atoms with Crippen molar-refractivity contribution >= 4 is 11.1 Å². The number of nitrogens with one attached hydrogen (secondary N) is 1. The van der Waals surface area contributed by atoms with Crippen molar-refractivity contribution in [3.05, 3.63) is 34.3 Å². The van der Waals surface area contributed by atoms with Crippen molar-refractivity contribution in [3.8, 4) is 0 Å². The summed E-state index contributed by atoms with van der Waals surface area (Å²) < 4.78 is 6.77. The van der Waals surface area contributed by atoms with Gasteiger partial charge in [-0.05, 0) is 43.5 Å². The maximum Gasteiger partial charge on any atom is 0.419 e. The molecule has 0 aliphatic carbocycles. The highest BCUT2D eigenvalue weighted by atomic mass is 16.4. The monoisotopic (exact) mass is 262 g/mol. The van der Waals surface area contributed by atoms with E-state index >= 15 is 0 Å². The quantitative estimate of drug-likeness (QED) is 0.901. The third kappa shape index (κ3) is 2.89. The number of aryl methyl sites for hydroxylation is 1. The highest BCUT2D eigenvalue weighted by molar-refractivity contribution is 5.73. The molecule has 0 radical (unpaired) electrons. The average Bonchev–Trinajstić information content (AvgIpc) is 2.65. The normalized spacial score (nSPS) is 13.3. The standard InChI is InChI=1S/C15H22N2O2/c1-10(2)5-7-12(16-3)11-6-8-13-14(9-11)19-15(18)17(13)4/h6,8-10,12,16H,5,7H2,1-4H3. The topological polar surface area (TPSA) is 47.2 Å². The number of nitrogens with zero attached hydrogens (tertiary/aromatic N) is 1. The molecule has 2 rings (SSSR count). The number of hydrogen-bond donors (Lipinski definition) is 1. The van der Waals surface area contributed by atoms with E-state index in [4.69, 9.17) is 4.42 Å². The largest absolute Gasteiger partial charge is 0.419 e. The van der Waals surface area contributed by atoms with Crippen LogP contribution in [0.5, 0.6) is 0 Å². The molecular formula is C15H22N2O2. The number of oxazole rings is 1. The molecule has 4 nitrogen and oxygen atoms in total. The Bertz CT molecular complexity index is 610. The molecule has 0 bridgehead atoms. The van der Waals surface area contributed by atoms with Gasteiger partial charge in [-0.15, -0.1) is 0 Å². The molecule has 1 heterocycles. The Morgan fingerprint density at radius 2 is 2.05 bits per heavy atom. The first-order chi connectivity index (χ1) is 9.02. The third-order valence-corrected chi connectivity index (χ3v) is 3.60. The van der Waals surface area contributed by atoms with E-state index in [0.29, 0.717) is 17.5 Å². The van der Waals surface area contributed by atoms with E-state index in [9.17, 15) is 4.79 Å². The van der Waals surface area contributed by atoms with Crippen LogP contribution in [0, 0.1) is 5.92 Å². The van der Waals surface area contributed by atoms with Crippen molar-refractivity contribution in [1.82, 2.24) is 9.88 Å². The van der Waals surface area contributed by atoms with Crippen LogP contribution in [0.3, 0.4) is 0 Å². The van der Waals surface area contributed by atoms with Crippen LogP contribution >= 0.6 is 0 Å². The van der Waals surface area contributed by atoms with Crippen LogP contribution < -0.4 is 11.1 Å². The van der Waals surface area contributed by atoms with Gasteiger partial charge in [-0.3, -0.25) is 4.57 Å². The molecule has 1 N–H and O–H groups in total. The third-order valence-electron chi connectivity index (χ3n) is 3.60. The molecule has 104 valence electrons. The van der Waals surface area contributed by atoms with Crippen LogP contribution in [0.15, 0.2) is 27.4 Å². The minimum absolute atomic E-state index is 0.303. The Labute approximate surface area is 113 Å². The van der Waals surface area contributed by atoms with E-state index in [0.717, 1.165) is 11.9 Å². The summed E-state index contributed by atoms with van der Waals surface area (Å²) in [6.45, 7) is 4.46. The predicted octanol–water partition coefficient (Wildman–Crippen LogP) is 2.83. The number of aromatic nitrogens is 1. The molecule has 0 saturated heterocycles. The van der Waals surface area contributed by atoms with E-state index in [1.54, 1.807) is 7.05 Å². The molecular weight excluding hydrogens is 240 g/mol. The molecule has 4 heteroatoms. The molecule has 1 atom stereocenters. The first-order valence-corrected chi connectivity index (χ1v) is 6.79. The van der Waals surface area contributed by atoms with Crippen molar-refractivity contribution in [1.29, 1.82) is 0 Å². The molecule has 0 amide bonds. The van der Waals surface area contributed by atoms with Crippen molar-refractivity contribution in [2.75, 3.05) is 7.05 Å². The van der Waals surface area contributed by atoms with Crippen molar-refractivity contribution in [3.63, 3.8) is 0 Å². The van der Waals surface area contributed by atoms with Crippen molar-refractivity contribution in [2.24, 2.45) is 13.0 Å². The lowest BCUT2D eigenvalue weighted by Gasteiger charge is -2.17. The Morgan fingerprint density at radius 1 is 1.32 bits per heavy atom. The molecule has 0 aliphatic heterocycles. The molecule has 1 aromatic carbocycles. The van der Waals surface area contributed by atoms with Gasteiger partial charge in [0.15, 0.2) is 5.58 Å². The summed E-state index contributed by atoms with van der Waals surface area (Å²) in [7, 11) is 3.69. The maximum absolute atomic E-state index is 11.5. The van der Waals surface area contributed by atoms with E-state index in [-0.39, 0.29) is 5.76 Å². The number of hydrogen-bond acceptors (Lipinski definition) is 3. The second-order valence-electron chi connectivity index (χ2n) is 5.47. The van der Waals surface area contributed by atoms with Crippen LogP contribution in [0.4, 0.5) is 0 Å². The summed E-state index contributed by atoms with van der Waals surface area (Å²) in [6, 6.07) is 6.30. The van der Waals surface area contributed by atoms with E-state index < -0.39 is 0 Å². The van der Waals surface area contributed by atoms with E-state index in [2.05, 4.69) is 25.2 Å². The van der Waals surface area contributed by atoms with Gasteiger partial charge in [0.25, 0.3) is 0 Å². The van der Waals surface area contributed by atoms with Crippen LogP contribution in [0.2, 0.25) is 0 Å². The summed E-state index contributed by atoms with van der Waals surface area (Å²) in [5, 5.41) is 3.33. The molecule has 0 aliphatic rings. The van der Waals surface area contributed by atoms with Gasteiger partial charge >= 0.3 is 5.76 Å². The lowest BCUT2D eigenvalue weighted by atomic mass is 9.97. The Morgan fingerprint density at radius 3 is 2.68 bits per heavy atom. The van der Waals surface area contributed by atoms with Gasteiger partial charge in [-0.2, -0.15) is 0 Å². The molecule has 0 spiro atoms. The first kappa shape index (κ1) is 13.9. The molecule has 0 saturated carbocycles. The number of rotatable bonds is 5. The van der Waals surface area contributed by atoms with E-state index in [1.807, 2.05) is 19.2 Å². The minimum atomic E-state index is -0.310. The van der Waals surface area contributed by atoms with Crippen LogP contribution in [-0.2, 0) is 7.05 Å². The van der Waals surface area contributed by atoms with Gasteiger partial charge < -0.3 is 9.73 Å². The van der Waals surface area contributed by atoms with Crippen LogP contribution in [0.1, 0.15) is 38.3 Å². The van der Waals surface area contributed by atoms with Gasteiger partial charge in [-0.25, -0.2) is 4.79 Å². The van der Waals surface area contributed by atoms with Crippen molar-refractivity contribution < 1.29 is 4.42 Å². The van der Waals surface area contributed by atoms with Crippen LogP contribution in [0.25, 0.3) is 11.1 Å². The molecule has 2 aromatic rings. The zero-order valence-corrected chi connectivity index (χ0v) is 12.1. The summed E-state index contributed by atoms with van der Waals surface area (Å²) >= 11 is 0. The van der Waals surface area contributed by atoms with Gasteiger partial charge in [0.1, 0.15) is 0 Å². The van der Waals surface area contributed by atoms with Crippen LogP contribution in [-0.4, -0.2) is 11.6 Å². The highest BCUT2D eigenvalue weighted by Gasteiger charge is 2.13. The lowest BCUT2D eigenvalue weighted by molar-refractivity contribution is 0.464. The maximum atomic E-state index is 11.5. The van der Waals surface area contributed by atoms with Gasteiger partial charge in [0, 0.05) is 13.1 Å². The minimum Gasteiger partial charge on any atom is -0.408 e. The summed E-state index contributed by atoms with van der Waals surface area (Å²) in [5.41, 5.74) is 2.67. The van der Waals surface area contributed by atoms with Gasteiger partial charge in [0.05, 0.1) is 5.52 Å². The second-order valence-corrected chi connectivity index (χ2v) is 5.47. The van der Waals surface area contributed by atoms with Gasteiger partial charge in [-0.1, -0.05) is 19.9 Å². The fourth-order valence-electron chi connectivity index (χ4n) is 2.34. The Balaban J connectivity index is 2.30. The molecule has 19 heavy (non-hydrogen) atoms. The fourth-order valence-corrected chi connectivity index (χ4v) is 2.34. The Kier molecular flexibility index (Phi) is 4.10. The summed E-state index contributed by atoms with van der Waals surface area (Å²) in [6.07, 6.45) is 2.25. The highest BCUT2D eigenvalue weighted by Crippen LogP contribution is 2.24. The smallest absolute Gasteiger partial charge is 0.408 e. The molecule has 1 aromatic heterocycles. The van der Waals surface area contributed by atoms with E-state index in [1.165, 1.54) is 16.6 Å². The SMILES string of the molecule is CNC(CCC(C)C)c1ccc2c(c1)oc(=O)n2C. The zero-order valence-electron chi connectivity index (χ0n) is 12.1. The average molecular weight is 262 g/mol. The summed E-state index contributed by atoms with van der Waals surface area (Å²) in [4.78, 5) is 11.5. The Hall–Kier alpha value is -1.55. The molecule has 0 fully saturated rings. The second kappa shape index (κ2) is 5.61. The number of fused-ring (bicyclic) bond motifs is 1. The molecule has 1 unspecified atom stereocenters. The number of benzene rings is 1. The van der Waals surface area contributed by atoms with Crippen molar-refractivity contribution in [2.45, 2.75) is 32.7 Å². The van der Waals surface area contributed by atoms with Gasteiger partial charge in [0.2, 0.25) is 0 Å². The zero-order chi connectivity index (χ0) is 14.0. The lowest BCUT2D eigenvalue weighted by Crippen LogP contribution is -2.16. The summed E-state index contributed by atoms with van der Waals surface area (Å²) in [5.74, 6) is 0.379.